The average Bonchev–Trinajstić information content (AvgIpc) is 3.24. The number of nitrogens with two attached hydrogens (primary N) is 1. The molecule has 2 amide bonds. The summed E-state index contributed by atoms with van der Waals surface area (Å²) in [6, 6.07) is 29.2. The number of para-hydroxylation sites is 1. The Morgan fingerprint density at radius 2 is 1.47 bits per heavy atom. The van der Waals surface area contributed by atoms with Crippen molar-refractivity contribution in [3.63, 3.8) is 0 Å². The Labute approximate surface area is 220 Å². The normalized spacial score (nSPS) is 13.9. The van der Waals surface area contributed by atoms with Crippen LogP contribution in [-0.4, -0.2) is 27.3 Å². The molecule has 0 saturated heterocycles. The Morgan fingerprint density at radius 1 is 0.842 bits per heavy atom. The molecule has 0 saturated carbocycles. The molecule has 0 aromatic heterocycles. The fourth-order valence-corrected chi connectivity index (χ4v) is 5.43. The molecule has 9 heteroatoms. The van der Waals surface area contributed by atoms with Crippen LogP contribution in [0.5, 0.6) is 0 Å². The van der Waals surface area contributed by atoms with Crippen molar-refractivity contribution in [2.45, 2.75) is 4.90 Å². The molecule has 4 N–H and O–H groups in total. The molecule has 0 unspecified atom stereocenters. The molecule has 0 atom stereocenters. The number of primary amides is 1. The molecule has 4 aromatic rings. The van der Waals surface area contributed by atoms with Gasteiger partial charge in [-0.05, 0) is 60.2 Å². The summed E-state index contributed by atoms with van der Waals surface area (Å²) in [5.74, 6) is -0.896. The lowest BCUT2D eigenvalue weighted by Gasteiger charge is -2.25. The SMILES string of the molecule is CN(/C(=C1\C(=O)Nc2ccc(S(=O)(=O)Nc3ccccc3)cc21)c1ccccc1)c1ccc(C(N)=O)cc1. The van der Waals surface area contributed by atoms with Gasteiger partial charge in [0, 0.05) is 35.2 Å². The highest BCUT2D eigenvalue weighted by atomic mass is 32.2. The number of hydrogen-bond acceptors (Lipinski definition) is 5. The van der Waals surface area contributed by atoms with Crippen molar-refractivity contribution in [3.05, 3.63) is 120 Å². The molecule has 38 heavy (non-hydrogen) atoms. The molecule has 1 heterocycles. The Balaban J connectivity index is 1.65. The lowest BCUT2D eigenvalue weighted by atomic mass is 9.99. The summed E-state index contributed by atoms with van der Waals surface area (Å²) < 4.78 is 29.0. The van der Waals surface area contributed by atoms with Crippen molar-refractivity contribution >= 4 is 50.2 Å². The van der Waals surface area contributed by atoms with E-state index in [4.69, 9.17) is 5.73 Å². The first-order valence-corrected chi connectivity index (χ1v) is 13.2. The second-order valence-corrected chi connectivity index (χ2v) is 10.4. The van der Waals surface area contributed by atoms with Gasteiger partial charge in [0.1, 0.15) is 0 Å². The van der Waals surface area contributed by atoms with Gasteiger partial charge >= 0.3 is 0 Å². The van der Waals surface area contributed by atoms with Gasteiger partial charge in [0.15, 0.2) is 0 Å². The lowest BCUT2D eigenvalue weighted by Crippen LogP contribution is -2.20. The molecule has 0 bridgehead atoms. The minimum Gasteiger partial charge on any atom is -0.366 e. The Kier molecular flexibility index (Phi) is 6.44. The van der Waals surface area contributed by atoms with E-state index in [1.807, 2.05) is 35.2 Å². The summed E-state index contributed by atoms with van der Waals surface area (Å²) in [5.41, 5.74) is 9.51. The van der Waals surface area contributed by atoms with E-state index in [9.17, 15) is 18.0 Å². The molecule has 1 aliphatic heterocycles. The van der Waals surface area contributed by atoms with Crippen molar-refractivity contribution in [3.8, 4) is 0 Å². The standard InChI is InChI=1S/C29H24N4O4S/c1-33(22-14-12-20(13-15-22)28(30)34)27(19-8-4-2-5-9-19)26-24-18-23(16-17-25(24)31-29(26)35)38(36,37)32-21-10-6-3-7-11-21/h2-18,32H,1H3,(H2,30,34)(H,31,35)/b27-26-. The largest absolute Gasteiger partial charge is 0.366 e. The maximum Gasteiger partial charge on any atom is 0.261 e. The second-order valence-electron chi connectivity index (χ2n) is 8.69. The van der Waals surface area contributed by atoms with Crippen LogP contribution in [0.1, 0.15) is 21.5 Å². The topological polar surface area (TPSA) is 122 Å². The predicted octanol–water partition coefficient (Wildman–Crippen LogP) is 4.54. The first-order valence-electron chi connectivity index (χ1n) is 11.7. The number of anilines is 3. The van der Waals surface area contributed by atoms with Crippen LogP contribution in [0, 0.1) is 0 Å². The fraction of sp³-hybridized carbons (Fsp3) is 0.0345. The molecule has 5 rings (SSSR count). The van der Waals surface area contributed by atoms with Gasteiger partial charge in [0.2, 0.25) is 5.91 Å². The van der Waals surface area contributed by atoms with Gasteiger partial charge in [-0.15, -0.1) is 0 Å². The van der Waals surface area contributed by atoms with Crippen molar-refractivity contribution < 1.29 is 18.0 Å². The number of nitrogens with zero attached hydrogens (tertiary/aromatic N) is 1. The minimum atomic E-state index is -3.92. The van der Waals surface area contributed by atoms with E-state index < -0.39 is 15.9 Å². The van der Waals surface area contributed by atoms with Crippen molar-refractivity contribution in [1.29, 1.82) is 0 Å². The van der Waals surface area contributed by atoms with E-state index in [1.165, 1.54) is 12.1 Å². The number of fused-ring (bicyclic) bond motifs is 1. The van der Waals surface area contributed by atoms with E-state index in [1.54, 1.807) is 67.7 Å². The highest BCUT2D eigenvalue weighted by Crippen LogP contribution is 2.40. The van der Waals surface area contributed by atoms with Crippen LogP contribution >= 0.6 is 0 Å². The Bertz CT molecular complexity index is 1670. The van der Waals surface area contributed by atoms with Crippen LogP contribution < -0.4 is 20.7 Å². The third-order valence-corrected chi connectivity index (χ3v) is 7.61. The van der Waals surface area contributed by atoms with Crippen molar-refractivity contribution in [1.82, 2.24) is 0 Å². The molecule has 0 radical (unpaired) electrons. The van der Waals surface area contributed by atoms with E-state index in [-0.39, 0.29) is 10.8 Å². The van der Waals surface area contributed by atoms with Gasteiger partial charge in [0.25, 0.3) is 15.9 Å². The van der Waals surface area contributed by atoms with Crippen LogP contribution in [0.4, 0.5) is 17.1 Å². The third-order valence-electron chi connectivity index (χ3n) is 6.23. The number of carbonyl (C=O) groups is 2. The Morgan fingerprint density at radius 3 is 2.11 bits per heavy atom. The van der Waals surface area contributed by atoms with Crippen LogP contribution in [0.2, 0.25) is 0 Å². The van der Waals surface area contributed by atoms with Gasteiger partial charge in [-0.2, -0.15) is 0 Å². The van der Waals surface area contributed by atoms with Gasteiger partial charge in [0.05, 0.1) is 16.2 Å². The van der Waals surface area contributed by atoms with Gasteiger partial charge < -0.3 is 16.0 Å². The molecule has 0 aliphatic carbocycles. The molecule has 1 aliphatic rings. The monoisotopic (exact) mass is 524 g/mol. The van der Waals surface area contributed by atoms with Crippen LogP contribution in [0.3, 0.4) is 0 Å². The number of nitrogens with one attached hydrogen (secondary N) is 2. The van der Waals surface area contributed by atoms with Gasteiger partial charge in [-0.25, -0.2) is 8.42 Å². The zero-order chi connectivity index (χ0) is 26.9. The number of carbonyl (C=O) groups excluding carboxylic acids is 2. The molecular weight excluding hydrogens is 500 g/mol. The Hall–Kier alpha value is -4.89. The maximum atomic E-state index is 13.4. The van der Waals surface area contributed by atoms with Crippen LogP contribution in [0.25, 0.3) is 11.3 Å². The van der Waals surface area contributed by atoms with Gasteiger partial charge in [-0.3, -0.25) is 14.3 Å². The van der Waals surface area contributed by atoms with Crippen LogP contribution in [-0.2, 0) is 14.8 Å². The quantitative estimate of drug-likeness (QED) is 0.307. The van der Waals surface area contributed by atoms with E-state index >= 15 is 0 Å². The highest BCUT2D eigenvalue weighted by Gasteiger charge is 2.31. The molecule has 0 fully saturated rings. The zero-order valence-electron chi connectivity index (χ0n) is 20.4. The second kappa shape index (κ2) is 9.87. The van der Waals surface area contributed by atoms with E-state index in [2.05, 4.69) is 10.0 Å². The minimum absolute atomic E-state index is 0.0231. The number of hydrogen-bond donors (Lipinski definition) is 3. The predicted molar refractivity (Wildman–Crippen MR) is 149 cm³/mol. The lowest BCUT2D eigenvalue weighted by molar-refractivity contribution is -0.110. The maximum absolute atomic E-state index is 13.4. The first-order chi connectivity index (χ1) is 18.2. The first kappa shape index (κ1) is 24.8. The molecular formula is C29H24N4O4S. The number of sulfonamides is 1. The van der Waals surface area contributed by atoms with Crippen LogP contribution in [0.15, 0.2) is 108 Å². The number of rotatable bonds is 7. The third kappa shape index (κ3) is 4.74. The summed E-state index contributed by atoms with van der Waals surface area (Å²) in [6.07, 6.45) is 0. The molecule has 190 valence electrons. The summed E-state index contributed by atoms with van der Waals surface area (Å²) in [6.45, 7) is 0. The molecule has 8 nitrogen and oxygen atoms in total. The summed E-state index contributed by atoms with van der Waals surface area (Å²) in [7, 11) is -2.12. The number of benzene rings is 4. The fourth-order valence-electron chi connectivity index (χ4n) is 4.35. The summed E-state index contributed by atoms with van der Waals surface area (Å²) in [4.78, 5) is 26.8. The van der Waals surface area contributed by atoms with Crippen molar-refractivity contribution in [2.24, 2.45) is 5.73 Å². The van der Waals surface area contributed by atoms with Crippen molar-refractivity contribution in [2.75, 3.05) is 22.0 Å². The number of amides is 2. The molecule has 4 aromatic carbocycles. The van der Waals surface area contributed by atoms with E-state index in [0.717, 1.165) is 5.56 Å². The zero-order valence-corrected chi connectivity index (χ0v) is 21.2. The average molecular weight is 525 g/mol. The van der Waals surface area contributed by atoms with E-state index in [0.29, 0.717) is 39.5 Å². The highest BCUT2D eigenvalue weighted by molar-refractivity contribution is 7.92. The summed E-state index contributed by atoms with van der Waals surface area (Å²) >= 11 is 0. The molecule has 0 spiro atoms. The smallest absolute Gasteiger partial charge is 0.261 e. The van der Waals surface area contributed by atoms with Gasteiger partial charge in [-0.1, -0.05) is 48.5 Å². The summed E-state index contributed by atoms with van der Waals surface area (Å²) in [5, 5.41) is 2.86.